The van der Waals surface area contributed by atoms with Crippen LogP contribution in [-0.4, -0.2) is 47.7 Å². The van der Waals surface area contributed by atoms with Crippen LogP contribution in [-0.2, 0) is 14.8 Å². The highest BCUT2D eigenvalue weighted by molar-refractivity contribution is 8.01. The van der Waals surface area contributed by atoms with Gasteiger partial charge in [-0.25, -0.2) is 8.42 Å². The van der Waals surface area contributed by atoms with Crippen molar-refractivity contribution in [2.45, 2.75) is 34.9 Å². The number of nitrogens with zero attached hydrogens (tertiary/aromatic N) is 3. The summed E-state index contributed by atoms with van der Waals surface area (Å²) in [5.41, 5.74) is 1.88. The molecule has 0 aliphatic carbocycles. The van der Waals surface area contributed by atoms with Gasteiger partial charge in [0.25, 0.3) is 0 Å². The second kappa shape index (κ2) is 9.33. The Hall–Kier alpha value is -1.20. The van der Waals surface area contributed by atoms with E-state index in [1.54, 1.807) is 5.51 Å². The van der Waals surface area contributed by atoms with Crippen LogP contribution in [0.4, 0.5) is 5.69 Å². The summed E-state index contributed by atoms with van der Waals surface area (Å²) in [5, 5.41) is 10.5. The molecule has 1 aliphatic heterocycles. The summed E-state index contributed by atoms with van der Waals surface area (Å²) in [6.07, 6.45) is 3.80. The van der Waals surface area contributed by atoms with Crippen molar-refractivity contribution in [2.24, 2.45) is 0 Å². The molecule has 2 heterocycles. The van der Waals surface area contributed by atoms with E-state index in [0.717, 1.165) is 25.7 Å². The van der Waals surface area contributed by atoms with Crippen LogP contribution in [0.3, 0.4) is 0 Å². The highest BCUT2D eigenvalue weighted by Gasteiger charge is 2.26. The predicted molar refractivity (Wildman–Crippen MR) is 108 cm³/mol. The van der Waals surface area contributed by atoms with Crippen LogP contribution in [0.1, 0.15) is 25.7 Å². The average Bonchev–Trinajstić information content (AvgIpc) is 3.01. The van der Waals surface area contributed by atoms with E-state index in [4.69, 9.17) is 11.6 Å². The maximum Gasteiger partial charge on any atom is 0.243 e. The zero-order valence-electron chi connectivity index (χ0n) is 14.4. The molecule has 1 aromatic carbocycles. The summed E-state index contributed by atoms with van der Waals surface area (Å²) in [5.74, 6) is -0.157. The third-order valence-electron chi connectivity index (χ3n) is 4.08. The molecule has 0 spiro atoms. The van der Waals surface area contributed by atoms with Crippen molar-refractivity contribution in [2.75, 3.05) is 24.2 Å². The van der Waals surface area contributed by atoms with Crippen LogP contribution in [0.25, 0.3) is 0 Å². The van der Waals surface area contributed by atoms with Gasteiger partial charge in [-0.05, 0) is 31.0 Å². The minimum absolute atomic E-state index is 0.134. The molecule has 0 atom stereocenters. The van der Waals surface area contributed by atoms with Crippen molar-refractivity contribution >= 4 is 56.3 Å². The smallest absolute Gasteiger partial charge is 0.243 e. The van der Waals surface area contributed by atoms with Crippen molar-refractivity contribution in [3.05, 3.63) is 28.7 Å². The van der Waals surface area contributed by atoms with Crippen molar-refractivity contribution in [3.63, 3.8) is 0 Å². The molecule has 0 saturated carbocycles. The number of carbonyl (C=O) groups excluding carboxylic acids is 1. The summed E-state index contributed by atoms with van der Waals surface area (Å²) in [7, 11) is -3.61. The summed E-state index contributed by atoms with van der Waals surface area (Å²) in [4.78, 5) is 12.3. The molecule has 0 unspecified atom stereocenters. The Morgan fingerprint density at radius 2 is 2.00 bits per heavy atom. The molecule has 7 nitrogen and oxygen atoms in total. The fraction of sp³-hybridized carbons (Fsp3) is 0.438. The number of aromatic nitrogens is 2. The average molecular weight is 447 g/mol. The highest BCUT2D eigenvalue weighted by Crippen LogP contribution is 2.28. The van der Waals surface area contributed by atoms with E-state index in [2.05, 4.69) is 15.5 Å². The number of nitrogens with one attached hydrogen (secondary N) is 1. The van der Waals surface area contributed by atoms with E-state index in [1.807, 2.05) is 0 Å². The molecule has 1 aromatic heterocycles. The van der Waals surface area contributed by atoms with Crippen molar-refractivity contribution in [1.82, 2.24) is 14.5 Å². The number of amides is 1. The summed E-state index contributed by atoms with van der Waals surface area (Å²) in [6, 6.07) is 4.41. The van der Waals surface area contributed by atoms with Gasteiger partial charge in [-0.1, -0.05) is 47.5 Å². The number of thioether (sulfide) groups is 1. The van der Waals surface area contributed by atoms with Gasteiger partial charge in [0.05, 0.1) is 21.4 Å². The third kappa shape index (κ3) is 5.41. The van der Waals surface area contributed by atoms with Gasteiger partial charge >= 0.3 is 0 Å². The lowest BCUT2D eigenvalue weighted by Crippen LogP contribution is -2.32. The van der Waals surface area contributed by atoms with Crippen molar-refractivity contribution in [3.8, 4) is 0 Å². The minimum Gasteiger partial charge on any atom is -0.324 e. The largest absolute Gasteiger partial charge is 0.324 e. The van der Waals surface area contributed by atoms with Crippen LogP contribution >= 0.6 is 34.7 Å². The first-order valence-corrected chi connectivity index (χ1v) is 12.1. The topological polar surface area (TPSA) is 92.3 Å². The van der Waals surface area contributed by atoms with Gasteiger partial charge in [0, 0.05) is 13.1 Å². The molecule has 27 heavy (non-hydrogen) atoms. The van der Waals surface area contributed by atoms with Gasteiger partial charge in [-0.15, -0.1) is 10.2 Å². The number of carbonyl (C=O) groups is 1. The van der Waals surface area contributed by atoms with Gasteiger partial charge in [-0.3, -0.25) is 4.79 Å². The lowest BCUT2D eigenvalue weighted by Gasteiger charge is -2.20. The molecule has 1 saturated heterocycles. The molecule has 1 N–H and O–H groups in total. The van der Waals surface area contributed by atoms with Gasteiger partial charge < -0.3 is 5.32 Å². The van der Waals surface area contributed by atoms with Crippen LogP contribution in [0.15, 0.2) is 32.9 Å². The Balaban J connectivity index is 1.72. The van der Waals surface area contributed by atoms with Gasteiger partial charge in [0.2, 0.25) is 15.9 Å². The number of benzene rings is 1. The molecule has 1 amide bonds. The standard InChI is InChI=1S/C16H19ClN4O3S3/c17-13-6-5-12(27(23,24)21-7-3-1-2-4-8-21)9-14(13)19-15(22)10-25-16-20-18-11-26-16/h5-6,9,11H,1-4,7-8,10H2,(H,19,22). The van der Waals surface area contributed by atoms with Crippen LogP contribution < -0.4 is 5.32 Å². The van der Waals surface area contributed by atoms with E-state index >= 15 is 0 Å². The van der Waals surface area contributed by atoms with Crippen LogP contribution in [0.2, 0.25) is 5.02 Å². The van der Waals surface area contributed by atoms with E-state index < -0.39 is 10.0 Å². The van der Waals surface area contributed by atoms with Gasteiger partial charge in [0.1, 0.15) is 5.51 Å². The monoisotopic (exact) mass is 446 g/mol. The third-order valence-corrected chi connectivity index (χ3v) is 8.17. The first-order chi connectivity index (χ1) is 13.0. The number of hydrogen-bond acceptors (Lipinski definition) is 7. The normalized spacial score (nSPS) is 16.0. The quantitative estimate of drug-likeness (QED) is 0.683. The Morgan fingerprint density at radius 3 is 2.67 bits per heavy atom. The maximum absolute atomic E-state index is 12.9. The lowest BCUT2D eigenvalue weighted by atomic mass is 10.2. The highest BCUT2D eigenvalue weighted by atomic mass is 35.5. The van der Waals surface area contributed by atoms with Crippen molar-refractivity contribution in [1.29, 1.82) is 0 Å². The first-order valence-electron chi connectivity index (χ1n) is 8.45. The van der Waals surface area contributed by atoms with E-state index in [9.17, 15) is 13.2 Å². The Kier molecular flexibility index (Phi) is 7.10. The fourth-order valence-corrected chi connectivity index (χ4v) is 5.73. The van der Waals surface area contributed by atoms with E-state index in [1.165, 1.54) is 45.6 Å². The summed E-state index contributed by atoms with van der Waals surface area (Å²) < 4.78 is 28.0. The Morgan fingerprint density at radius 1 is 1.26 bits per heavy atom. The molecule has 1 aliphatic rings. The second-order valence-corrected chi connectivity index (χ2v) is 10.4. The SMILES string of the molecule is O=C(CSc1nncs1)Nc1cc(S(=O)(=O)N2CCCCCC2)ccc1Cl. The molecular weight excluding hydrogens is 428 g/mol. The molecular formula is C16H19ClN4O3S3. The second-order valence-electron chi connectivity index (χ2n) is 6.00. The molecule has 3 rings (SSSR count). The first kappa shape index (κ1) is 20.5. The zero-order valence-corrected chi connectivity index (χ0v) is 17.6. The van der Waals surface area contributed by atoms with Gasteiger partial charge in [-0.2, -0.15) is 4.31 Å². The minimum atomic E-state index is -3.61. The lowest BCUT2D eigenvalue weighted by molar-refractivity contribution is -0.113. The Labute approximate surface area is 171 Å². The van der Waals surface area contributed by atoms with Crippen LogP contribution in [0, 0.1) is 0 Å². The number of hydrogen-bond donors (Lipinski definition) is 1. The fourth-order valence-electron chi connectivity index (χ4n) is 2.73. The number of sulfonamides is 1. The summed E-state index contributed by atoms with van der Waals surface area (Å²) in [6.45, 7) is 1.04. The molecule has 0 radical (unpaired) electrons. The Bertz CT molecular complexity index is 882. The molecule has 0 bridgehead atoms. The number of rotatable bonds is 6. The van der Waals surface area contributed by atoms with E-state index in [0.29, 0.717) is 22.5 Å². The summed E-state index contributed by atoms with van der Waals surface area (Å²) >= 11 is 8.76. The number of halogens is 1. The molecule has 146 valence electrons. The molecule has 2 aromatic rings. The number of anilines is 1. The van der Waals surface area contributed by atoms with Crippen LogP contribution in [0.5, 0.6) is 0 Å². The predicted octanol–water partition coefficient (Wildman–Crippen LogP) is 3.49. The maximum atomic E-state index is 12.9. The van der Waals surface area contributed by atoms with Gasteiger partial charge in [0.15, 0.2) is 4.34 Å². The zero-order chi connectivity index (χ0) is 19.3. The molecule has 11 heteroatoms. The van der Waals surface area contributed by atoms with E-state index in [-0.39, 0.29) is 22.2 Å². The van der Waals surface area contributed by atoms with Crippen molar-refractivity contribution < 1.29 is 13.2 Å². The molecule has 1 fully saturated rings.